The Balaban J connectivity index is 1.77. The predicted molar refractivity (Wildman–Crippen MR) is 106 cm³/mol. The Bertz CT molecular complexity index is 834. The summed E-state index contributed by atoms with van der Waals surface area (Å²) in [6.45, 7) is 0.748. The number of nitro groups is 1. The summed E-state index contributed by atoms with van der Waals surface area (Å²) in [5.41, 5.74) is 0.208. The maximum absolute atomic E-state index is 11.9. The number of amides is 2. The maximum Gasteiger partial charge on any atom is 0.319 e. The lowest BCUT2D eigenvalue weighted by atomic mass is 10.2. The SMILES string of the molecule is COc1cc([N+](=O)[O-])ccc1NC(=O)NCCCOc1ccc(Br)cc1Cl. The second kappa shape index (κ2) is 9.98. The van der Waals surface area contributed by atoms with E-state index in [9.17, 15) is 14.9 Å². The van der Waals surface area contributed by atoms with Gasteiger partial charge in [-0.05, 0) is 30.7 Å². The molecule has 0 spiro atoms. The number of halogens is 2. The molecule has 0 aliphatic heterocycles. The summed E-state index contributed by atoms with van der Waals surface area (Å²) in [4.78, 5) is 22.2. The van der Waals surface area contributed by atoms with Crippen molar-refractivity contribution in [1.82, 2.24) is 5.32 Å². The van der Waals surface area contributed by atoms with Gasteiger partial charge >= 0.3 is 6.03 Å². The first-order valence-electron chi connectivity index (χ1n) is 7.86. The van der Waals surface area contributed by atoms with Gasteiger partial charge in [-0.2, -0.15) is 0 Å². The molecule has 0 heterocycles. The Kier molecular flexibility index (Phi) is 7.68. The van der Waals surface area contributed by atoms with Crippen molar-refractivity contribution >= 4 is 44.9 Å². The van der Waals surface area contributed by atoms with Crippen LogP contribution in [0, 0.1) is 10.1 Å². The largest absolute Gasteiger partial charge is 0.494 e. The van der Waals surface area contributed by atoms with Crippen LogP contribution >= 0.6 is 27.5 Å². The summed E-state index contributed by atoms with van der Waals surface area (Å²) in [6, 6.07) is 8.80. The van der Waals surface area contributed by atoms with Crippen LogP contribution in [0.5, 0.6) is 11.5 Å². The first-order valence-corrected chi connectivity index (χ1v) is 9.03. The maximum atomic E-state index is 11.9. The average Bonchev–Trinajstić information content (AvgIpc) is 2.63. The van der Waals surface area contributed by atoms with Gasteiger partial charge in [0.05, 0.1) is 35.4 Å². The van der Waals surface area contributed by atoms with Crippen molar-refractivity contribution in [2.45, 2.75) is 6.42 Å². The van der Waals surface area contributed by atoms with Gasteiger partial charge in [0.1, 0.15) is 11.5 Å². The van der Waals surface area contributed by atoms with Gasteiger partial charge < -0.3 is 20.1 Å². The van der Waals surface area contributed by atoms with Crippen LogP contribution < -0.4 is 20.1 Å². The summed E-state index contributed by atoms with van der Waals surface area (Å²) in [6.07, 6.45) is 0.567. The van der Waals surface area contributed by atoms with Gasteiger partial charge in [-0.25, -0.2) is 4.79 Å². The number of carbonyl (C=O) groups is 1. The summed E-state index contributed by atoms with van der Waals surface area (Å²) < 4.78 is 11.5. The van der Waals surface area contributed by atoms with Gasteiger partial charge in [0.15, 0.2) is 0 Å². The molecule has 2 aromatic carbocycles. The molecule has 0 saturated carbocycles. The Hall–Kier alpha value is -2.52. The third-order valence-corrected chi connectivity index (χ3v) is 4.19. The van der Waals surface area contributed by atoms with Crippen molar-refractivity contribution in [3.8, 4) is 11.5 Å². The number of rotatable bonds is 8. The van der Waals surface area contributed by atoms with Crippen molar-refractivity contribution in [3.63, 3.8) is 0 Å². The number of methoxy groups -OCH3 is 1. The summed E-state index contributed by atoms with van der Waals surface area (Å²) in [5, 5.41) is 16.5. The number of benzene rings is 2. The van der Waals surface area contributed by atoms with Crippen LogP contribution in [0.4, 0.5) is 16.2 Å². The zero-order valence-corrected chi connectivity index (χ0v) is 16.7. The Morgan fingerprint density at radius 1 is 1.26 bits per heavy atom. The molecule has 0 bridgehead atoms. The van der Waals surface area contributed by atoms with E-state index in [1.54, 1.807) is 12.1 Å². The second-order valence-corrected chi connectivity index (χ2v) is 6.62. The van der Waals surface area contributed by atoms with Gasteiger partial charge in [0.25, 0.3) is 5.69 Å². The summed E-state index contributed by atoms with van der Waals surface area (Å²) in [5.74, 6) is 0.771. The van der Waals surface area contributed by atoms with Crippen molar-refractivity contribution < 1.29 is 19.2 Å². The summed E-state index contributed by atoms with van der Waals surface area (Å²) >= 11 is 9.37. The molecule has 2 aromatic rings. The third-order valence-electron chi connectivity index (χ3n) is 3.40. The van der Waals surface area contributed by atoms with Crippen molar-refractivity contribution in [1.29, 1.82) is 0 Å². The van der Waals surface area contributed by atoms with Crippen LogP contribution in [0.25, 0.3) is 0 Å². The van der Waals surface area contributed by atoms with Crippen LogP contribution in [0.15, 0.2) is 40.9 Å². The highest BCUT2D eigenvalue weighted by Gasteiger charge is 2.13. The topological polar surface area (TPSA) is 103 Å². The molecule has 0 saturated heterocycles. The third kappa shape index (κ3) is 6.30. The lowest BCUT2D eigenvalue weighted by molar-refractivity contribution is -0.384. The van der Waals surface area contributed by atoms with Gasteiger partial charge in [0, 0.05) is 17.1 Å². The molecule has 0 atom stereocenters. The van der Waals surface area contributed by atoms with E-state index in [0.717, 1.165) is 4.47 Å². The average molecular weight is 459 g/mol. The molecule has 144 valence electrons. The molecule has 2 rings (SSSR count). The van der Waals surface area contributed by atoms with E-state index < -0.39 is 11.0 Å². The zero-order chi connectivity index (χ0) is 19.8. The first kappa shape index (κ1) is 20.8. The van der Waals surface area contributed by atoms with Crippen LogP contribution in [0.1, 0.15) is 6.42 Å². The number of non-ortho nitro benzene ring substituents is 1. The lowest BCUT2D eigenvalue weighted by Gasteiger charge is -2.11. The molecule has 8 nitrogen and oxygen atoms in total. The Labute approximate surface area is 169 Å². The van der Waals surface area contributed by atoms with Crippen LogP contribution in [0.2, 0.25) is 5.02 Å². The molecule has 0 aliphatic rings. The smallest absolute Gasteiger partial charge is 0.319 e. The quantitative estimate of drug-likeness (QED) is 0.342. The molecule has 10 heteroatoms. The number of hydrogen-bond donors (Lipinski definition) is 2. The van der Waals surface area contributed by atoms with Gasteiger partial charge in [0.2, 0.25) is 0 Å². The van der Waals surface area contributed by atoms with E-state index >= 15 is 0 Å². The van der Waals surface area contributed by atoms with E-state index in [2.05, 4.69) is 26.6 Å². The molecule has 0 fully saturated rings. The highest BCUT2D eigenvalue weighted by Crippen LogP contribution is 2.29. The fourth-order valence-electron chi connectivity index (χ4n) is 2.11. The van der Waals surface area contributed by atoms with E-state index in [1.165, 1.54) is 25.3 Å². The van der Waals surface area contributed by atoms with Gasteiger partial charge in [-0.3, -0.25) is 10.1 Å². The number of urea groups is 1. The molecule has 0 aromatic heterocycles. The molecule has 0 radical (unpaired) electrons. The van der Waals surface area contributed by atoms with E-state index in [4.69, 9.17) is 21.1 Å². The number of nitrogens with zero attached hydrogens (tertiary/aromatic N) is 1. The first-order chi connectivity index (χ1) is 12.9. The number of nitrogens with one attached hydrogen (secondary N) is 2. The molecular formula is C17H17BrClN3O5. The van der Waals surface area contributed by atoms with Crippen molar-refractivity contribution in [2.24, 2.45) is 0 Å². The predicted octanol–water partition coefficient (Wildman–Crippen LogP) is 4.61. The molecule has 0 unspecified atom stereocenters. The van der Waals surface area contributed by atoms with Crippen molar-refractivity contribution in [2.75, 3.05) is 25.6 Å². The lowest BCUT2D eigenvalue weighted by Crippen LogP contribution is -2.30. The van der Waals surface area contributed by atoms with Crippen LogP contribution in [-0.4, -0.2) is 31.2 Å². The number of anilines is 1. The Morgan fingerprint density at radius 2 is 2.04 bits per heavy atom. The van der Waals surface area contributed by atoms with E-state index in [-0.39, 0.29) is 11.4 Å². The molecule has 27 heavy (non-hydrogen) atoms. The number of carbonyl (C=O) groups excluding carboxylic acids is 1. The second-order valence-electron chi connectivity index (χ2n) is 5.30. The van der Waals surface area contributed by atoms with Crippen LogP contribution in [-0.2, 0) is 0 Å². The number of ether oxygens (including phenoxy) is 2. The van der Waals surface area contributed by atoms with Crippen molar-refractivity contribution in [3.05, 3.63) is 56.0 Å². The van der Waals surface area contributed by atoms with E-state index in [0.29, 0.717) is 36.0 Å². The standard InChI is InChI=1S/C17H17BrClN3O5/c1-26-16-10-12(22(24)25)4-5-14(16)21-17(23)20-7-2-8-27-15-6-3-11(18)9-13(15)19/h3-6,9-10H,2,7-8H2,1H3,(H2,20,21,23). The molecular weight excluding hydrogens is 442 g/mol. The highest BCUT2D eigenvalue weighted by molar-refractivity contribution is 9.10. The number of nitro benzene ring substituents is 1. The molecule has 0 aliphatic carbocycles. The van der Waals surface area contributed by atoms with Crippen LogP contribution in [0.3, 0.4) is 0 Å². The summed E-state index contributed by atoms with van der Waals surface area (Å²) in [7, 11) is 1.37. The minimum absolute atomic E-state index is 0.124. The Morgan fingerprint density at radius 3 is 2.70 bits per heavy atom. The van der Waals surface area contributed by atoms with Gasteiger partial charge in [-0.1, -0.05) is 27.5 Å². The highest BCUT2D eigenvalue weighted by atomic mass is 79.9. The fourth-order valence-corrected chi connectivity index (χ4v) is 2.84. The fraction of sp³-hybridized carbons (Fsp3) is 0.235. The monoisotopic (exact) mass is 457 g/mol. The minimum atomic E-state index is -0.538. The van der Waals surface area contributed by atoms with Gasteiger partial charge in [-0.15, -0.1) is 0 Å². The number of hydrogen-bond acceptors (Lipinski definition) is 5. The minimum Gasteiger partial charge on any atom is -0.494 e. The normalized spacial score (nSPS) is 10.2. The zero-order valence-electron chi connectivity index (χ0n) is 14.3. The van der Waals surface area contributed by atoms with E-state index in [1.807, 2.05) is 6.07 Å². The molecule has 2 amide bonds. The molecule has 2 N–H and O–H groups in total.